The molecule has 0 rings (SSSR count). The lowest BCUT2D eigenvalue weighted by Gasteiger charge is -2.20. The lowest BCUT2D eigenvalue weighted by atomic mass is 10.2. The van der Waals surface area contributed by atoms with Crippen molar-refractivity contribution in [3.63, 3.8) is 0 Å². The van der Waals surface area contributed by atoms with Crippen molar-refractivity contribution in [2.24, 2.45) is 0 Å². The van der Waals surface area contributed by atoms with Gasteiger partial charge in [0, 0.05) is 18.2 Å². The van der Waals surface area contributed by atoms with Crippen molar-refractivity contribution in [2.75, 3.05) is 6.54 Å². The largest absolute Gasteiger partial charge is 0.444 e. The van der Waals surface area contributed by atoms with E-state index in [-0.39, 0.29) is 11.9 Å². The summed E-state index contributed by atoms with van der Waals surface area (Å²) in [5.41, 5.74) is -0.00885. The number of ether oxygens (including phenoxy) is 1. The zero-order valence-corrected chi connectivity index (χ0v) is 14.2. The third-order valence-electron chi connectivity index (χ3n) is 2.57. The first-order chi connectivity index (χ1) is 10.2. The molecule has 22 heavy (non-hydrogen) atoms. The maximum atomic E-state index is 12.0. The highest BCUT2D eigenvalue weighted by atomic mass is 16.6. The molecular weight excluding hydrogens is 280 g/mol. The average molecular weight is 308 g/mol. The van der Waals surface area contributed by atoms with Crippen LogP contribution in [0.1, 0.15) is 41.0 Å². The predicted octanol–water partition coefficient (Wildman–Crippen LogP) is 3.09. The van der Waals surface area contributed by atoms with Crippen LogP contribution in [0.25, 0.3) is 0 Å². The van der Waals surface area contributed by atoms with Crippen molar-refractivity contribution in [3.8, 4) is 0 Å². The molecule has 0 aliphatic heterocycles. The molecule has 0 saturated carbocycles. The van der Waals surface area contributed by atoms with Gasteiger partial charge in [-0.2, -0.15) is 0 Å². The SMILES string of the molecule is C=C/C(=C\C=C/C)C(=O)NC(C)CCNC(=O)OC(C)(C)C. The molecule has 0 fully saturated rings. The van der Waals surface area contributed by atoms with Gasteiger partial charge in [-0.05, 0) is 47.1 Å². The summed E-state index contributed by atoms with van der Waals surface area (Å²) < 4.78 is 5.13. The number of amides is 2. The molecule has 2 amide bonds. The van der Waals surface area contributed by atoms with Gasteiger partial charge in [-0.1, -0.05) is 24.8 Å². The molecule has 0 radical (unpaired) electrons. The summed E-state index contributed by atoms with van der Waals surface area (Å²) in [6.45, 7) is 13.2. The standard InChI is InChI=1S/C17H28N2O3/c1-7-9-10-14(8-2)15(20)19-13(3)11-12-18-16(21)22-17(4,5)6/h7-10,13H,2,11-12H2,1,3-6H3,(H,18,21)(H,19,20)/b9-7-,14-10+. The number of rotatable bonds is 7. The lowest BCUT2D eigenvalue weighted by Crippen LogP contribution is -2.38. The van der Waals surface area contributed by atoms with E-state index in [4.69, 9.17) is 4.74 Å². The summed E-state index contributed by atoms with van der Waals surface area (Å²) in [6.07, 6.45) is 7.00. The molecule has 0 aromatic carbocycles. The molecule has 0 bridgehead atoms. The summed E-state index contributed by atoms with van der Waals surface area (Å²) >= 11 is 0. The Bertz CT molecular complexity index is 445. The molecule has 0 spiro atoms. The summed E-state index contributed by atoms with van der Waals surface area (Å²) in [5, 5.41) is 5.52. The maximum absolute atomic E-state index is 12.0. The molecule has 5 nitrogen and oxygen atoms in total. The van der Waals surface area contributed by atoms with Crippen molar-refractivity contribution < 1.29 is 14.3 Å². The third-order valence-corrected chi connectivity index (χ3v) is 2.57. The van der Waals surface area contributed by atoms with E-state index in [1.54, 1.807) is 12.2 Å². The molecule has 0 aliphatic carbocycles. The first-order valence-corrected chi connectivity index (χ1v) is 7.42. The normalized spacial score (nSPS) is 13.6. The smallest absolute Gasteiger partial charge is 0.407 e. The Kier molecular flexibility index (Phi) is 8.91. The zero-order chi connectivity index (χ0) is 17.2. The Morgan fingerprint density at radius 1 is 1.32 bits per heavy atom. The van der Waals surface area contributed by atoms with Gasteiger partial charge in [-0.15, -0.1) is 0 Å². The van der Waals surface area contributed by atoms with Crippen molar-refractivity contribution in [1.29, 1.82) is 0 Å². The van der Waals surface area contributed by atoms with E-state index in [0.717, 1.165) is 0 Å². The number of hydrogen-bond acceptors (Lipinski definition) is 3. The van der Waals surface area contributed by atoms with Crippen LogP contribution < -0.4 is 10.6 Å². The molecule has 1 atom stereocenters. The van der Waals surface area contributed by atoms with Gasteiger partial charge in [-0.3, -0.25) is 4.79 Å². The minimum absolute atomic E-state index is 0.0728. The molecule has 0 aromatic heterocycles. The van der Waals surface area contributed by atoms with Crippen LogP contribution in [0.15, 0.2) is 36.5 Å². The Labute approximate surface area is 133 Å². The van der Waals surface area contributed by atoms with E-state index in [0.29, 0.717) is 18.5 Å². The highest BCUT2D eigenvalue weighted by Crippen LogP contribution is 2.06. The Balaban J connectivity index is 4.19. The van der Waals surface area contributed by atoms with Crippen LogP contribution >= 0.6 is 0 Å². The highest BCUT2D eigenvalue weighted by molar-refractivity contribution is 5.96. The topological polar surface area (TPSA) is 67.4 Å². The van der Waals surface area contributed by atoms with Gasteiger partial charge in [-0.25, -0.2) is 4.79 Å². The second-order valence-corrected chi connectivity index (χ2v) is 5.94. The number of nitrogens with one attached hydrogen (secondary N) is 2. The Morgan fingerprint density at radius 2 is 1.95 bits per heavy atom. The van der Waals surface area contributed by atoms with Gasteiger partial charge in [0.05, 0.1) is 0 Å². The van der Waals surface area contributed by atoms with Gasteiger partial charge < -0.3 is 15.4 Å². The van der Waals surface area contributed by atoms with Crippen LogP contribution in [0.5, 0.6) is 0 Å². The number of allylic oxidation sites excluding steroid dienone is 3. The van der Waals surface area contributed by atoms with E-state index >= 15 is 0 Å². The number of alkyl carbamates (subject to hydrolysis) is 1. The van der Waals surface area contributed by atoms with E-state index < -0.39 is 11.7 Å². The van der Waals surface area contributed by atoms with Gasteiger partial charge in [0.1, 0.15) is 5.60 Å². The molecular formula is C17H28N2O3. The van der Waals surface area contributed by atoms with Crippen LogP contribution in [0.4, 0.5) is 4.79 Å². The fourth-order valence-electron chi connectivity index (χ4n) is 1.52. The highest BCUT2D eigenvalue weighted by Gasteiger charge is 2.16. The van der Waals surface area contributed by atoms with Gasteiger partial charge >= 0.3 is 6.09 Å². The van der Waals surface area contributed by atoms with Gasteiger partial charge in [0.15, 0.2) is 0 Å². The van der Waals surface area contributed by atoms with E-state index in [1.807, 2.05) is 40.7 Å². The van der Waals surface area contributed by atoms with Crippen molar-refractivity contribution in [3.05, 3.63) is 36.5 Å². The van der Waals surface area contributed by atoms with E-state index in [1.165, 1.54) is 6.08 Å². The van der Waals surface area contributed by atoms with Crippen LogP contribution in [0.3, 0.4) is 0 Å². The van der Waals surface area contributed by atoms with E-state index in [9.17, 15) is 9.59 Å². The average Bonchev–Trinajstić information content (AvgIpc) is 2.37. The second-order valence-electron chi connectivity index (χ2n) is 5.94. The summed E-state index contributed by atoms with van der Waals surface area (Å²) in [4.78, 5) is 23.5. The zero-order valence-electron chi connectivity index (χ0n) is 14.2. The first kappa shape index (κ1) is 20.0. The van der Waals surface area contributed by atoms with Crippen molar-refractivity contribution in [1.82, 2.24) is 10.6 Å². The summed E-state index contributed by atoms with van der Waals surface area (Å²) in [5.74, 6) is -0.183. The molecule has 124 valence electrons. The van der Waals surface area contributed by atoms with Crippen LogP contribution in [-0.2, 0) is 9.53 Å². The van der Waals surface area contributed by atoms with Crippen molar-refractivity contribution >= 4 is 12.0 Å². The Morgan fingerprint density at radius 3 is 2.45 bits per heavy atom. The number of hydrogen-bond donors (Lipinski definition) is 2. The summed E-state index contributed by atoms with van der Waals surface area (Å²) in [7, 11) is 0. The monoisotopic (exact) mass is 308 g/mol. The quantitative estimate of drug-likeness (QED) is 0.561. The van der Waals surface area contributed by atoms with Crippen LogP contribution in [0.2, 0.25) is 0 Å². The van der Waals surface area contributed by atoms with Gasteiger partial charge in [0.2, 0.25) is 0 Å². The summed E-state index contributed by atoms with van der Waals surface area (Å²) in [6, 6.07) is -0.0728. The molecule has 2 N–H and O–H groups in total. The van der Waals surface area contributed by atoms with Crippen LogP contribution in [0, 0.1) is 0 Å². The van der Waals surface area contributed by atoms with Crippen LogP contribution in [-0.4, -0.2) is 30.2 Å². The van der Waals surface area contributed by atoms with E-state index in [2.05, 4.69) is 17.2 Å². The fraction of sp³-hybridized carbons (Fsp3) is 0.529. The second kappa shape index (κ2) is 9.82. The predicted molar refractivity (Wildman–Crippen MR) is 89.6 cm³/mol. The minimum Gasteiger partial charge on any atom is -0.444 e. The molecule has 0 saturated heterocycles. The molecule has 1 unspecified atom stereocenters. The number of carbonyl (C=O) groups excluding carboxylic acids is 2. The molecule has 5 heteroatoms. The van der Waals surface area contributed by atoms with Gasteiger partial charge in [0.25, 0.3) is 5.91 Å². The molecule has 0 aliphatic rings. The molecule has 0 heterocycles. The maximum Gasteiger partial charge on any atom is 0.407 e. The minimum atomic E-state index is -0.514. The van der Waals surface area contributed by atoms with Crippen molar-refractivity contribution in [2.45, 2.75) is 52.7 Å². The first-order valence-electron chi connectivity index (χ1n) is 7.42. The lowest BCUT2D eigenvalue weighted by molar-refractivity contribution is -0.117. The third kappa shape index (κ3) is 9.80. The molecule has 0 aromatic rings. The number of carbonyl (C=O) groups is 2. The fourth-order valence-corrected chi connectivity index (χ4v) is 1.52. The Hall–Kier alpha value is -2.04.